The van der Waals surface area contributed by atoms with Crippen LogP contribution in [0.1, 0.15) is 66.4 Å². The number of anilines is 1. The van der Waals surface area contributed by atoms with Crippen molar-refractivity contribution in [2.45, 2.75) is 68.9 Å². The lowest BCUT2D eigenvalue weighted by Gasteiger charge is -2.45. The molecule has 4 aliphatic rings. The molecule has 2 aliphatic carbocycles. The number of rotatable bonds is 8. The zero-order valence-electron chi connectivity index (χ0n) is 24.2. The van der Waals surface area contributed by atoms with Gasteiger partial charge in [-0.3, -0.25) is 0 Å². The fourth-order valence-corrected chi connectivity index (χ4v) is 8.88. The quantitative estimate of drug-likeness (QED) is 0.366. The summed E-state index contributed by atoms with van der Waals surface area (Å²) in [6, 6.07) is 11.0. The maximum Gasteiger partial charge on any atom is 0.335 e. The number of aliphatic hydroxyl groups is 1. The number of fused-ring (bicyclic) bond motifs is 3. The number of carboxylic acids is 1. The Morgan fingerprint density at radius 1 is 1.19 bits per heavy atom. The monoisotopic (exact) mass is 629 g/mol. The van der Waals surface area contributed by atoms with E-state index >= 15 is 0 Å². The number of aromatic carboxylic acids is 1. The average molecular weight is 630 g/mol. The molecule has 0 bridgehead atoms. The lowest BCUT2D eigenvalue weighted by molar-refractivity contribution is 0.0455. The molecule has 2 aromatic rings. The van der Waals surface area contributed by atoms with Gasteiger partial charge in [-0.05, 0) is 105 Å². The molecule has 0 amide bonds. The van der Waals surface area contributed by atoms with Gasteiger partial charge < -0.3 is 19.8 Å². The molecule has 1 saturated heterocycles. The van der Waals surface area contributed by atoms with Crippen molar-refractivity contribution < 1.29 is 28.2 Å². The molecule has 0 radical (unpaired) electrons. The molecule has 1 spiro atoms. The Morgan fingerprint density at radius 2 is 2.02 bits per heavy atom. The summed E-state index contributed by atoms with van der Waals surface area (Å²) in [6.07, 6.45) is 9.89. The van der Waals surface area contributed by atoms with Gasteiger partial charge in [0.25, 0.3) is 10.2 Å². The van der Waals surface area contributed by atoms with Gasteiger partial charge in [-0.2, -0.15) is 12.7 Å². The lowest BCUT2D eigenvalue weighted by Crippen LogP contribution is -2.49. The number of aliphatic hydroxyl groups excluding tert-OH is 1. The number of hydrogen-bond donors (Lipinski definition) is 3. The van der Waals surface area contributed by atoms with Gasteiger partial charge in [0, 0.05) is 36.1 Å². The first-order chi connectivity index (χ1) is 20.5. The van der Waals surface area contributed by atoms with Crippen molar-refractivity contribution in [3.05, 3.63) is 70.3 Å². The Kier molecular flexibility index (Phi) is 8.52. The van der Waals surface area contributed by atoms with E-state index in [0.29, 0.717) is 38.4 Å². The van der Waals surface area contributed by atoms with Crippen LogP contribution < -0.4 is 14.8 Å². The third-order valence-corrected chi connectivity index (χ3v) is 11.4. The van der Waals surface area contributed by atoms with Crippen LogP contribution in [0.5, 0.6) is 5.75 Å². The second-order valence-electron chi connectivity index (χ2n) is 12.7. The van der Waals surface area contributed by atoms with Gasteiger partial charge in [0.2, 0.25) is 0 Å². The Morgan fingerprint density at radius 3 is 2.77 bits per heavy atom. The van der Waals surface area contributed by atoms with Crippen LogP contribution in [0, 0.1) is 11.8 Å². The standard InChI is InChI=1S/C32H40ClN3O6S/c33-24-10-12-27-21(16-24)4-2-14-32(27)19-35(28-17-22(31(38)39)9-13-30(28)42-20-32)18-23-8-11-26(23)29(37)7-1-5-25-6-3-15-36(25)43(34,40)41/h1,7,9-10,12-13,16-17,23,25-26,29,37H,2-6,8,11,14-15,18-20H2,(H,38,39)(H2,34,40,41)/b7-1+/t23-,25+,26+,29-,32-/m0/s1. The van der Waals surface area contributed by atoms with Gasteiger partial charge in [-0.25, -0.2) is 9.93 Å². The number of carbonyl (C=O) groups is 1. The molecule has 232 valence electrons. The minimum Gasteiger partial charge on any atom is -0.490 e. The fourth-order valence-electron chi connectivity index (χ4n) is 7.70. The van der Waals surface area contributed by atoms with Crippen LogP contribution in [-0.2, 0) is 22.0 Å². The van der Waals surface area contributed by atoms with Crippen molar-refractivity contribution in [3.8, 4) is 5.75 Å². The molecule has 2 heterocycles. The van der Waals surface area contributed by atoms with Crippen molar-refractivity contribution in [2.24, 2.45) is 17.0 Å². The predicted molar refractivity (Wildman–Crippen MR) is 166 cm³/mol. The van der Waals surface area contributed by atoms with Gasteiger partial charge in [0.15, 0.2) is 0 Å². The minimum absolute atomic E-state index is 0.0536. The van der Waals surface area contributed by atoms with E-state index < -0.39 is 22.3 Å². The normalized spacial score (nSPS) is 28.2. The molecular weight excluding hydrogens is 590 g/mol. The molecule has 9 nitrogen and oxygen atoms in total. The second kappa shape index (κ2) is 12.0. The predicted octanol–water partition coefficient (Wildman–Crippen LogP) is 4.51. The minimum atomic E-state index is -3.73. The first-order valence-electron chi connectivity index (χ1n) is 15.2. The number of hydrogen-bond acceptors (Lipinski definition) is 6. The molecule has 43 heavy (non-hydrogen) atoms. The van der Waals surface area contributed by atoms with E-state index in [2.05, 4.69) is 17.0 Å². The Labute approximate surface area is 258 Å². The topological polar surface area (TPSA) is 133 Å². The van der Waals surface area contributed by atoms with Crippen LogP contribution >= 0.6 is 11.6 Å². The Balaban J connectivity index is 1.22. The molecule has 2 fully saturated rings. The van der Waals surface area contributed by atoms with Crippen LogP contribution in [0.25, 0.3) is 0 Å². The maximum absolute atomic E-state index is 11.9. The molecular formula is C32H40ClN3O6S. The van der Waals surface area contributed by atoms with Crippen LogP contribution in [0.4, 0.5) is 5.69 Å². The summed E-state index contributed by atoms with van der Waals surface area (Å²) in [7, 11) is -3.73. The van der Waals surface area contributed by atoms with E-state index in [1.807, 2.05) is 12.1 Å². The molecule has 4 N–H and O–H groups in total. The van der Waals surface area contributed by atoms with E-state index in [9.17, 15) is 23.4 Å². The largest absolute Gasteiger partial charge is 0.490 e. The summed E-state index contributed by atoms with van der Waals surface area (Å²) >= 11 is 6.36. The van der Waals surface area contributed by atoms with Crippen LogP contribution in [-0.4, -0.2) is 67.3 Å². The molecule has 0 aromatic heterocycles. The number of aryl methyl sites for hydroxylation is 1. The van der Waals surface area contributed by atoms with E-state index in [4.69, 9.17) is 21.5 Å². The van der Waals surface area contributed by atoms with Crippen LogP contribution in [0.2, 0.25) is 5.02 Å². The van der Waals surface area contributed by atoms with Gasteiger partial charge in [-0.15, -0.1) is 0 Å². The SMILES string of the molecule is NS(=O)(=O)N1CCC[C@H]1C/C=C/[C@H](O)[C@@H]1CC[C@H]1CN1C[C@@]2(CCCc3cc(Cl)ccc32)COc2ccc(C(=O)O)cc21. The molecule has 2 aliphatic heterocycles. The zero-order chi connectivity index (χ0) is 30.4. The second-order valence-corrected chi connectivity index (χ2v) is 14.6. The highest BCUT2D eigenvalue weighted by Crippen LogP contribution is 2.46. The van der Waals surface area contributed by atoms with Crippen LogP contribution in [0.15, 0.2) is 48.6 Å². The number of benzene rings is 2. The number of nitrogens with zero attached hydrogens (tertiary/aromatic N) is 2. The average Bonchev–Trinajstić information content (AvgIpc) is 3.37. The first kappa shape index (κ1) is 30.4. The van der Waals surface area contributed by atoms with Crippen LogP contribution in [0.3, 0.4) is 0 Å². The molecule has 2 aromatic carbocycles. The van der Waals surface area contributed by atoms with Gasteiger partial charge in [0.05, 0.1) is 24.0 Å². The highest BCUT2D eigenvalue weighted by atomic mass is 35.5. The smallest absolute Gasteiger partial charge is 0.335 e. The van der Waals surface area contributed by atoms with Gasteiger partial charge in [-0.1, -0.05) is 29.8 Å². The summed E-state index contributed by atoms with van der Waals surface area (Å²) in [5.74, 6) is -0.0466. The summed E-state index contributed by atoms with van der Waals surface area (Å²) < 4.78 is 31.6. The molecule has 5 atom stereocenters. The van der Waals surface area contributed by atoms with E-state index in [0.717, 1.165) is 55.7 Å². The van der Waals surface area contributed by atoms with Crippen molar-refractivity contribution in [1.82, 2.24) is 4.31 Å². The summed E-state index contributed by atoms with van der Waals surface area (Å²) in [6.45, 7) is 2.28. The van der Waals surface area contributed by atoms with Gasteiger partial charge in [0.1, 0.15) is 5.75 Å². The van der Waals surface area contributed by atoms with Crippen molar-refractivity contribution in [2.75, 3.05) is 31.1 Å². The number of carboxylic acid groups (broad SMARTS) is 1. The summed E-state index contributed by atoms with van der Waals surface area (Å²) in [5.41, 5.74) is 3.21. The zero-order valence-corrected chi connectivity index (χ0v) is 25.8. The fraction of sp³-hybridized carbons (Fsp3) is 0.531. The Bertz CT molecular complexity index is 1520. The third kappa shape index (κ3) is 6.17. The molecule has 6 rings (SSSR count). The number of halogens is 1. The summed E-state index contributed by atoms with van der Waals surface area (Å²) in [5, 5.41) is 27.0. The highest BCUT2D eigenvalue weighted by molar-refractivity contribution is 7.86. The van der Waals surface area contributed by atoms with E-state index in [1.54, 1.807) is 24.3 Å². The van der Waals surface area contributed by atoms with Crippen molar-refractivity contribution >= 4 is 33.5 Å². The van der Waals surface area contributed by atoms with Gasteiger partial charge >= 0.3 is 5.97 Å². The maximum atomic E-state index is 11.9. The van der Waals surface area contributed by atoms with Crippen molar-refractivity contribution in [1.29, 1.82) is 0 Å². The highest BCUT2D eigenvalue weighted by Gasteiger charge is 2.44. The van der Waals surface area contributed by atoms with E-state index in [1.165, 1.54) is 15.4 Å². The lowest BCUT2D eigenvalue weighted by atomic mass is 9.68. The van der Waals surface area contributed by atoms with Crippen molar-refractivity contribution in [3.63, 3.8) is 0 Å². The molecule has 0 unspecified atom stereocenters. The number of nitrogens with two attached hydrogens (primary N) is 1. The van der Waals surface area contributed by atoms with E-state index in [-0.39, 0.29) is 28.9 Å². The third-order valence-electron chi connectivity index (χ3n) is 10.0. The Hall–Kier alpha value is -2.63. The number of ether oxygens (including phenoxy) is 1. The first-order valence-corrected chi connectivity index (χ1v) is 17.1. The summed E-state index contributed by atoms with van der Waals surface area (Å²) in [4.78, 5) is 14.2. The molecule has 11 heteroatoms. The molecule has 1 saturated carbocycles.